The first-order valence-corrected chi connectivity index (χ1v) is 17.0. The van der Waals surface area contributed by atoms with E-state index in [1.54, 1.807) is 0 Å². The summed E-state index contributed by atoms with van der Waals surface area (Å²) >= 11 is -3.55. The van der Waals surface area contributed by atoms with Gasteiger partial charge in [-0.25, -0.2) is 0 Å². The second-order valence-electron chi connectivity index (χ2n) is 8.09. The van der Waals surface area contributed by atoms with Crippen LogP contribution in [0.5, 0.6) is 0 Å². The van der Waals surface area contributed by atoms with E-state index in [1.165, 1.54) is 17.5 Å². The summed E-state index contributed by atoms with van der Waals surface area (Å²) in [6.45, 7) is 0. The number of benzene rings is 5. The quantitative estimate of drug-likeness (QED) is 0.212. The standard InChI is InChI=1S/C32H25AsOSe/c34-31(26-16-6-1-7-17-26)32(35-30-24-14-5-15-25-30)33(27-18-8-2-9-19-27,28-20-10-3-11-21-28)29-22-12-4-13-23-29/h1-25H. The molecule has 170 valence electrons. The molecule has 5 rings (SSSR count). The minimum absolute atomic E-state index is 0.150. The summed E-state index contributed by atoms with van der Waals surface area (Å²) in [7, 11) is 0. The van der Waals surface area contributed by atoms with Crippen LogP contribution in [0.4, 0.5) is 0 Å². The topological polar surface area (TPSA) is 17.1 Å². The van der Waals surface area contributed by atoms with Crippen molar-refractivity contribution in [3.8, 4) is 0 Å². The van der Waals surface area contributed by atoms with Crippen molar-refractivity contribution in [1.82, 2.24) is 0 Å². The van der Waals surface area contributed by atoms with Gasteiger partial charge >= 0.3 is 217 Å². The van der Waals surface area contributed by atoms with E-state index in [1.807, 2.05) is 36.4 Å². The fourth-order valence-corrected chi connectivity index (χ4v) is 20.4. The van der Waals surface area contributed by atoms with E-state index in [2.05, 4.69) is 115 Å². The molecule has 0 radical (unpaired) electrons. The van der Waals surface area contributed by atoms with E-state index in [9.17, 15) is 4.79 Å². The average molecular weight is 579 g/mol. The Hall–Kier alpha value is -3.28. The van der Waals surface area contributed by atoms with E-state index in [0.29, 0.717) is 0 Å². The van der Waals surface area contributed by atoms with Gasteiger partial charge in [-0.05, 0) is 0 Å². The van der Waals surface area contributed by atoms with Crippen LogP contribution in [0.3, 0.4) is 0 Å². The van der Waals surface area contributed by atoms with Crippen LogP contribution in [0.2, 0.25) is 0 Å². The van der Waals surface area contributed by atoms with Crippen LogP contribution in [0.25, 0.3) is 0 Å². The molecule has 0 aliphatic heterocycles. The second-order valence-corrected chi connectivity index (χ2v) is 18.8. The Kier molecular flexibility index (Phi) is 7.36. The zero-order valence-electron chi connectivity index (χ0n) is 19.2. The number of carbonyl (C=O) groups is 1. The summed E-state index contributed by atoms with van der Waals surface area (Å²) in [5.74, 6) is 0.165. The fourth-order valence-electron chi connectivity index (χ4n) is 4.33. The Morgan fingerprint density at radius 2 is 0.800 bits per heavy atom. The maximum absolute atomic E-state index is 14.5. The third kappa shape index (κ3) is 4.79. The number of Topliss-reactive ketones (excluding diaryl/α,β-unsaturated/α-hetero) is 1. The van der Waals surface area contributed by atoms with Crippen molar-refractivity contribution in [2.24, 2.45) is 0 Å². The molecule has 0 unspecified atom stereocenters. The number of hydrogen-bond donors (Lipinski definition) is 0. The van der Waals surface area contributed by atoms with E-state index < -0.39 is 13.1 Å². The monoisotopic (exact) mass is 580 g/mol. The molecule has 5 aromatic carbocycles. The molecule has 0 aliphatic carbocycles. The molecular weight excluding hydrogens is 554 g/mol. The summed E-state index contributed by atoms with van der Waals surface area (Å²) in [6, 6.07) is 52.5. The molecule has 0 N–H and O–H groups in total. The van der Waals surface area contributed by atoms with Gasteiger partial charge in [0.1, 0.15) is 0 Å². The van der Waals surface area contributed by atoms with Gasteiger partial charge in [-0.2, -0.15) is 0 Å². The molecule has 0 amide bonds. The summed E-state index contributed by atoms with van der Waals surface area (Å²) < 4.78 is 6.07. The minimum atomic E-state index is -3.40. The first kappa shape index (κ1) is 23.5. The van der Waals surface area contributed by atoms with Crippen molar-refractivity contribution in [2.45, 2.75) is 0 Å². The van der Waals surface area contributed by atoms with Crippen LogP contribution in [0.15, 0.2) is 152 Å². The molecule has 0 bridgehead atoms. The van der Waals surface area contributed by atoms with E-state index in [0.717, 1.165) is 8.77 Å². The number of carbonyl (C=O) groups excluding carboxylic acids is 1. The van der Waals surface area contributed by atoms with E-state index >= 15 is 0 Å². The van der Waals surface area contributed by atoms with Gasteiger partial charge in [0.2, 0.25) is 0 Å². The molecule has 3 heteroatoms. The molecule has 0 atom stereocenters. The van der Waals surface area contributed by atoms with Crippen LogP contribution in [0.1, 0.15) is 10.4 Å². The molecule has 0 saturated carbocycles. The molecule has 0 saturated heterocycles. The SMILES string of the molecule is O=C(C([Se]c1ccccc1)=[As](c1ccccc1)(c1ccccc1)c1ccccc1)c1ccccc1. The van der Waals surface area contributed by atoms with Crippen LogP contribution >= 0.6 is 0 Å². The van der Waals surface area contributed by atoms with E-state index in [4.69, 9.17) is 0 Å². The van der Waals surface area contributed by atoms with Gasteiger partial charge in [0.25, 0.3) is 0 Å². The Labute approximate surface area is 215 Å². The molecule has 0 fully saturated rings. The van der Waals surface area contributed by atoms with Crippen LogP contribution in [0, 0.1) is 0 Å². The maximum atomic E-state index is 14.5. The Bertz CT molecular complexity index is 1350. The summed E-state index contributed by atoms with van der Waals surface area (Å²) in [4.78, 5) is 14.5. The van der Waals surface area contributed by atoms with Crippen molar-refractivity contribution >= 4 is 54.6 Å². The molecule has 0 spiro atoms. The molecule has 0 heterocycles. The predicted octanol–water partition coefficient (Wildman–Crippen LogP) is 3.78. The van der Waals surface area contributed by atoms with Gasteiger partial charge in [-0.1, -0.05) is 0 Å². The number of hydrogen-bond acceptors (Lipinski definition) is 1. The second kappa shape index (κ2) is 11.0. The Morgan fingerprint density at radius 1 is 0.457 bits per heavy atom. The average Bonchev–Trinajstić information content (AvgIpc) is 2.95. The summed E-state index contributed by atoms with van der Waals surface area (Å²) in [5, 5.41) is 0. The summed E-state index contributed by atoms with van der Waals surface area (Å²) in [5.41, 5.74) is 0.758. The number of ketones is 1. The first-order chi connectivity index (χ1) is 17.3. The van der Waals surface area contributed by atoms with Gasteiger partial charge in [0, 0.05) is 0 Å². The van der Waals surface area contributed by atoms with Gasteiger partial charge < -0.3 is 0 Å². The van der Waals surface area contributed by atoms with Gasteiger partial charge in [0.15, 0.2) is 0 Å². The van der Waals surface area contributed by atoms with Crippen molar-refractivity contribution in [2.75, 3.05) is 0 Å². The molecule has 1 nitrogen and oxygen atoms in total. The van der Waals surface area contributed by atoms with E-state index in [-0.39, 0.29) is 20.7 Å². The normalized spacial score (nSPS) is 11.1. The fraction of sp³-hybridized carbons (Fsp3) is 0. The predicted molar refractivity (Wildman–Crippen MR) is 152 cm³/mol. The van der Waals surface area contributed by atoms with Gasteiger partial charge in [0.05, 0.1) is 0 Å². The molecule has 35 heavy (non-hydrogen) atoms. The molecular formula is C32H25AsOSe. The number of rotatable bonds is 7. The van der Waals surface area contributed by atoms with Crippen LogP contribution < -0.4 is 17.5 Å². The van der Waals surface area contributed by atoms with Crippen molar-refractivity contribution in [1.29, 1.82) is 0 Å². The van der Waals surface area contributed by atoms with Gasteiger partial charge in [-0.3, -0.25) is 0 Å². The third-order valence-electron chi connectivity index (χ3n) is 5.92. The van der Waals surface area contributed by atoms with Crippen molar-refractivity contribution < 1.29 is 4.79 Å². The van der Waals surface area contributed by atoms with Crippen LogP contribution in [-0.4, -0.2) is 37.1 Å². The first-order valence-electron chi connectivity index (χ1n) is 11.6. The molecule has 0 aliphatic rings. The van der Waals surface area contributed by atoms with Gasteiger partial charge in [-0.15, -0.1) is 0 Å². The van der Waals surface area contributed by atoms with Crippen molar-refractivity contribution in [3.63, 3.8) is 0 Å². The van der Waals surface area contributed by atoms with Crippen LogP contribution in [-0.2, 0) is 0 Å². The zero-order chi connectivity index (χ0) is 23.9. The summed E-state index contributed by atoms with van der Waals surface area (Å²) in [6.07, 6.45) is 0. The zero-order valence-corrected chi connectivity index (χ0v) is 22.8. The molecule has 5 aromatic rings. The Balaban J connectivity index is 1.97. The Morgan fingerprint density at radius 3 is 1.20 bits per heavy atom. The third-order valence-corrected chi connectivity index (χ3v) is 20.2. The van der Waals surface area contributed by atoms with Crippen molar-refractivity contribution in [3.05, 3.63) is 157 Å². The molecule has 0 aromatic heterocycles.